The van der Waals surface area contributed by atoms with Crippen LogP contribution in [0, 0.1) is 5.92 Å². The number of benzene rings is 2. The predicted molar refractivity (Wildman–Crippen MR) is 155 cm³/mol. The van der Waals surface area contributed by atoms with E-state index in [0.29, 0.717) is 34.0 Å². The molecule has 2 aromatic heterocycles. The van der Waals surface area contributed by atoms with Crippen LogP contribution in [0.1, 0.15) is 79.3 Å². The SMILES string of the molecule is CC(C)C[C@@]1(C(=O)O)C[C@H](c2nc3ccccc3o2)[C@H](c2nccs2)N1C(=O)c1cccc(C(C)(C)CBr)c1. The maximum absolute atomic E-state index is 14.5. The van der Waals surface area contributed by atoms with Crippen molar-refractivity contribution >= 4 is 50.2 Å². The van der Waals surface area contributed by atoms with Gasteiger partial charge < -0.3 is 14.4 Å². The van der Waals surface area contributed by atoms with Crippen LogP contribution in [0.5, 0.6) is 0 Å². The molecule has 0 bridgehead atoms. The fourth-order valence-corrected chi connectivity index (χ4v) is 6.81. The highest BCUT2D eigenvalue weighted by Gasteiger charge is 2.61. The van der Waals surface area contributed by atoms with Crippen LogP contribution in [0.15, 0.2) is 64.5 Å². The van der Waals surface area contributed by atoms with Gasteiger partial charge in [-0.1, -0.05) is 67.9 Å². The van der Waals surface area contributed by atoms with Crippen molar-refractivity contribution in [3.8, 4) is 0 Å². The van der Waals surface area contributed by atoms with E-state index in [1.165, 1.54) is 11.3 Å². The smallest absolute Gasteiger partial charge is 0.329 e. The average molecular weight is 611 g/mol. The zero-order valence-corrected chi connectivity index (χ0v) is 24.8. The number of carboxylic acid groups (broad SMARTS) is 1. The van der Waals surface area contributed by atoms with Crippen molar-refractivity contribution < 1.29 is 19.1 Å². The van der Waals surface area contributed by atoms with Gasteiger partial charge in [0.2, 0.25) is 5.89 Å². The van der Waals surface area contributed by atoms with Gasteiger partial charge in [0.05, 0.1) is 12.0 Å². The lowest BCUT2D eigenvalue weighted by atomic mass is 9.83. The van der Waals surface area contributed by atoms with E-state index < -0.39 is 23.5 Å². The van der Waals surface area contributed by atoms with Crippen molar-refractivity contribution in [2.45, 2.75) is 63.5 Å². The van der Waals surface area contributed by atoms with Gasteiger partial charge in [0.15, 0.2) is 5.58 Å². The molecule has 5 rings (SSSR count). The Morgan fingerprint density at radius 3 is 2.64 bits per heavy atom. The summed E-state index contributed by atoms with van der Waals surface area (Å²) in [6.45, 7) is 8.17. The number of amides is 1. The largest absolute Gasteiger partial charge is 0.479 e. The number of rotatable bonds is 8. The number of aromatic nitrogens is 2. The van der Waals surface area contributed by atoms with Gasteiger partial charge in [-0.25, -0.2) is 14.8 Å². The van der Waals surface area contributed by atoms with Gasteiger partial charge in [0, 0.05) is 22.5 Å². The number of hydrogen-bond donors (Lipinski definition) is 1. The molecule has 0 unspecified atom stereocenters. The third-order valence-corrected chi connectivity index (χ3v) is 9.85. The second kappa shape index (κ2) is 10.5. The molecule has 204 valence electrons. The minimum atomic E-state index is -1.46. The van der Waals surface area contributed by atoms with E-state index in [2.05, 4.69) is 34.8 Å². The summed E-state index contributed by atoms with van der Waals surface area (Å²) in [7, 11) is 0. The van der Waals surface area contributed by atoms with Crippen molar-refractivity contribution in [2.75, 3.05) is 5.33 Å². The van der Waals surface area contributed by atoms with Gasteiger partial charge in [-0.15, -0.1) is 11.3 Å². The van der Waals surface area contributed by atoms with Crippen LogP contribution in [0.2, 0.25) is 0 Å². The minimum absolute atomic E-state index is 0.0226. The zero-order chi connectivity index (χ0) is 27.9. The number of thiazole rings is 1. The van der Waals surface area contributed by atoms with Crippen molar-refractivity contribution in [1.82, 2.24) is 14.9 Å². The summed E-state index contributed by atoms with van der Waals surface area (Å²) in [6.07, 6.45) is 2.16. The molecule has 0 spiro atoms. The Bertz CT molecular complexity index is 1470. The van der Waals surface area contributed by atoms with Crippen LogP contribution >= 0.6 is 27.3 Å². The Morgan fingerprint density at radius 2 is 2.00 bits per heavy atom. The number of oxazole rings is 1. The van der Waals surface area contributed by atoms with Gasteiger partial charge in [0.25, 0.3) is 5.91 Å². The van der Waals surface area contributed by atoms with Crippen molar-refractivity contribution in [3.05, 3.63) is 82.1 Å². The Kier molecular flexibility index (Phi) is 7.41. The number of para-hydroxylation sites is 2. The number of carboxylic acids is 1. The molecule has 7 nitrogen and oxygen atoms in total. The fourth-order valence-electron chi connectivity index (χ4n) is 5.70. The topological polar surface area (TPSA) is 96.5 Å². The number of fused-ring (bicyclic) bond motifs is 1. The van der Waals surface area contributed by atoms with Crippen LogP contribution in [0.25, 0.3) is 11.1 Å². The number of carbonyl (C=O) groups excluding carboxylic acids is 1. The van der Waals surface area contributed by atoms with Crippen molar-refractivity contribution in [2.24, 2.45) is 5.92 Å². The molecular formula is C30H32BrN3O4S. The molecule has 0 radical (unpaired) electrons. The van der Waals surface area contributed by atoms with Crippen molar-refractivity contribution in [1.29, 1.82) is 0 Å². The Morgan fingerprint density at radius 1 is 1.23 bits per heavy atom. The quantitative estimate of drug-likeness (QED) is 0.212. The third kappa shape index (κ3) is 4.91. The number of aliphatic carboxylic acids is 1. The second-order valence-corrected chi connectivity index (χ2v) is 12.8. The summed E-state index contributed by atoms with van der Waals surface area (Å²) >= 11 is 5.00. The monoisotopic (exact) mass is 609 g/mol. The summed E-state index contributed by atoms with van der Waals surface area (Å²) in [5, 5.41) is 14.1. The molecule has 1 fully saturated rings. The number of alkyl halides is 1. The summed E-state index contributed by atoms with van der Waals surface area (Å²) < 4.78 is 6.20. The standard InChI is InChI=1S/C30H32BrN3O4S/c1-18(2)15-30(28(36)37)16-21(25-33-22-10-5-6-11-23(22)38-25)24(26-32-12-13-39-26)34(30)27(35)19-8-7-9-20(14-19)29(3,4)17-31/h5-14,18,21,24H,15-17H2,1-4H3,(H,36,37)/t21-,24+,30-/m0/s1. The van der Waals surface area contributed by atoms with Crippen LogP contribution in [0.4, 0.5) is 0 Å². The summed E-state index contributed by atoms with van der Waals surface area (Å²) in [5.41, 5.74) is 1.10. The molecule has 9 heteroatoms. The Labute approximate surface area is 240 Å². The number of carbonyl (C=O) groups is 2. The number of halogens is 1. The molecule has 0 saturated carbocycles. The lowest BCUT2D eigenvalue weighted by molar-refractivity contribution is -0.150. The first kappa shape index (κ1) is 27.5. The van der Waals surface area contributed by atoms with Gasteiger partial charge in [-0.2, -0.15) is 0 Å². The highest BCUT2D eigenvalue weighted by Crippen LogP contribution is 2.55. The minimum Gasteiger partial charge on any atom is -0.479 e. The van der Waals surface area contributed by atoms with E-state index in [1.54, 1.807) is 17.2 Å². The summed E-state index contributed by atoms with van der Waals surface area (Å²) in [6, 6.07) is 14.4. The maximum atomic E-state index is 14.5. The molecule has 1 N–H and O–H groups in total. The van der Waals surface area contributed by atoms with Gasteiger partial charge in [0.1, 0.15) is 16.1 Å². The van der Waals surface area contributed by atoms with E-state index in [9.17, 15) is 14.7 Å². The molecule has 1 saturated heterocycles. The molecule has 2 aromatic carbocycles. The number of likely N-dealkylation sites (tertiary alicyclic amines) is 1. The molecule has 4 aromatic rings. The highest BCUT2D eigenvalue weighted by atomic mass is 79.9. The van der Waals surface area contributed by atoms with Gasteiger partial charge >= 0.3 is 5.97 Å². The van der Waals surface area contributed by atoms with Gasteiger partial charge in [-0.3, -0.25) is 4.79 Å². The summed E-state index contributed by atoms with van der Waals surface area (Å²) in [5.74, 6) is -1.39. The van der Waals surface area contributed by atoms with E-state index in [-0.39, 0.29) is 23.7 Å². The first-order chi connectivity index (χ1) is 18.6. The average Bonchev–Trinajstić information content (AvgIpc) is 3.65. The fraction of sp³-hybridized carbons (Fsp3) is 0.400. The number of nitrogens with zero attached hydrogens (tertiary/aromatic N) is 3. The van der Waals surface area contributed by atoms with Crippen LogP contribution in [-0.4, -0.2) is 42.7 Å². The van der Waals surface area contributed by atoms with Crippen LogP contribution in [0.3, 0.4) is 0 Å². The predicted octanol–water partition coefficient (Wildman–Crippen LogP) is 7.20. The summed E-state index contributed by atoms with van der Waals surface area (Å²) in [4.78, 5) is 38.7. The Hall–Kier alpha value is -3.04. The third-order valence-electron chi connectivity index (χ3n) is 7.60. The molecule has 39 heavy (non-hydrogen) atoms. The lowest BCUT2D eigenvalue weighted by Gasteiger charge is -2.39. The van der Waals surface area contributed by atoms with Crippen LogP contribution < -0.4 is 0 Å². The van der Waals surface area contributed by atoms with E-state index in [1.807, 2.05) is 61.7 Å². The maximum Gasteiger partial charge on any atom is 0.329 e. The lowest BCUT2D eigenvalue weighted by Crippen LogP contribution is -2.54. The van der Waals surface area contributed by atoms with Gasteiger partial charge in [-0.05, 0) is 54.0 Å². The first-order valence-electron chi connectivity index (χ1n) is 13.1. The van der Waals surface area contributed by atoms with E-state index in [0.717, 1.165) is 10.9 Å². The molecule has 1 aliphatic rings. The molecule has 3 heterocycles. The van der Waals surface area contributed by atoms with Crippen LogP contribution in [-0.2, 0) is 10.2 Å². The molecule has 0 aliphatic carbocycles. The first-order valence-corrected chi connectivity index (χ1v) is 15.1. The second-order valence-electron chi connectivity index (χ2n) is 11.4. The normalized spacial score (nSPS) is 21.6. The molecule has 1 amide bonds. The van der Waals surface area contributed by atoms with Crippen molar-refractivity contribution in [3.63, 3.8) is 0 Å². The number of hydrogen-bond acceptors (Lipinski definition) is 6. The van der Waals surface area contributed by atoms with E-state index in [4.69, 9.17) is 9.40 Å². The molecular weight excluding hydrogens is 578 g/mol. The zero-order valence-electron chi connectivity index (χ0n) is 22.4. The van der Waals surface area contributed by atoms with E-state index >= 15 is 0 Å². The molecule has 1 aliphatic heterocycles. The molecule has 3 atom stereocenters. The highest BCUT2D eigenvalue weighted by molar-refractivity contribution is 9.09. The Balaban J connectivity index is 1.71.